The van der Waals surface area contributed by atoms with E-state index < -0.39 is 24.8 Å². The number of halogens is 4. The van der Waals surface area contributed by atoms with E-state index in [0.29, 0.717) is 43.1 Å². The fraction of sp³-hybridized carbons (Fsp3) is 0.0690. The molecule has 5 rings (SSSR count). The molecule has 0 saturated heterocycles. The summed E-state index contributed by atoms with van der Waals surface area (Å²) in [6.45, 7) is 0.0778. The van der Waals surface area contributed by atoms with Crippen molar-refractivity contribution in [3.05, 3.63) is 122 Å². The lowest BCUT2D eigenvalue weighted by atomic mass is 10.1. The third kappa shape index (κ3) is 7.15. The largest absolute Gasteiger partial charge is 0.478 e. The number of ether oxygens (including phenoxy) is 1. The van der Waals surface area contributed by atoms with E-state index in [1.54, 1.807) is 59.3 Å². The molecule has 0 spiro atoms. The highest BCUT2D eigenvalue weighted by molar-refractivity contribution is 9.10. The number of alkyl halides is 2. The maximum atomic E-state index is 14.4. The summed E-state index contributed by atoms with van der Waals surface area (Å²) in [5.74, 6) is -0.304. The molecule has 0 aliphatic rings. The van der Waals surface area contributed by atoms with Crippen molar-refractivity contribution >= 4 is 58.1 Å². The Morgan fingerprint density at radius 1 is 1.02 bits per heavy atom. The Kier molecular flexibility index (Phi) is 9.17. The van der Waals surface area contributed by atoms with E-state index in [2.05, 4.69) is 20.9 Å². The van der Waals surface area contributed by atoms with Gasteiger partial charge in [-0.15, -0.1) is 0 Å². The van der Waals surface area contributed by atoms with Crippen LogP contribution in [-0.4, -0.2) is 30.6 Å². The van der Waals surface area contributed by atoms with Crippen LogP contribution in [0.25, 0.3) is 10.6 Å². The standard InChI is InChI=1S/C29H20BrClF2N3O6PS/c30-25-12-17(10-11-24(25)29(32,33)43(39,40)41)16-36-28(34-21-7-3-6-20(31)15-21)44-26(35-36)18-4-1-8-22(13-18)42-23-9-2-5-19(14-23)27(37)38/h1-15H,16H2,(H,37,38)(H2,39,40,41)/b34-28+. The third-order valence-corrected chi connectivity index (χ3v) is 8.97. The molecular weight excluding hydrogens is 703 g/mol. The molecule has 15 heteroatoms. The van der Waals surface area contributed by atoms with Gasteiger partial charge in [-0.2, -0.15) is 13.9 Å². The van der Waals surface area contributed by atoms with Crippen molar-refractivity contribution in [2.75, 3.05) is 0 Å². The Hall–Kier alpha value is -3.71. The predicted octanol–water partition coefficient (Wildman–Crippen LogP) is 8.03. The second-order valence-corrected chi connectivity index (χ2v) is 13.2. The Morgan fingerprint density at radius 3 is 2.41 bits per heavy atom. The quantitative estimate of drug-likeness (QED) is 0.131. The Bertz CT molecular complexity index is 2000. The van der Waals surface area contributed by atoms with E-state index in [0.717, 1.165) is 6.07 Å². The van der Waals surface area contributed by atoms with Crippen molar-refractivity contribution in [2.24, 2.45) is 4.99 Å². The predicted molar refractivity (Wildman–Crippen MR) is 165 cm³/mol. The van der Waals surface area contributed by atoms with Gasteiger partial charge in [0.1, 0.15) is 16.5 Å². The van der Waals surface area contributed by atoms with E-state index in [1.807, 2.05) is 6.07 Å². The summed E-state index contributed by atoms with van der Waals surface area (Å²) < 4.78 is 47.4. The van der Waals surface area contributed by atoms with Crippen LogP contribution in [-0.2, 0) is 16.8 Å². The van der Waals surface area contributed by atoms with Crippen molar-refractivity contribution in [3.8, 4) is 22.1 Å². The molecule has 0 bridgehead atoms. The Morgan fingerprint density at radius 2 is 1.73 bits per heavy atom. The number of carboxylic acids is 1. The van der Waals surface area contributed by atoms with Gasteiger partial charge in [-0.3, -0.25) is 4.57 Å². The lowest BCUT2D eigenvalue weighted by Gasteiger charge is -2.19. The van der Waals surface area contributed by atoms with Gasteiger partial charge in [-0.25, -0.2) is 14.5 Å². The van der Waals surface area contributed by atoms with E-state index in [9.17, 15) is 23.2 Å². The van der Waals surface area contributed by atoms with Crippen LogP contribution in [0.5, 0.6) is 11.5 Å². The normalized spacial score (nSPS) is 12.4. The molecule has 4 aromatic carbocycles. The molecule has 0 fully saturated rings. The zero-order valence-electron chi connectivity index (χ0n) is 22.1. The minimum atomic E-state index is -5.76. The van der Waals surface area contributed by atoms with Crippen LogP contribution < -0.4 is 9.54 Å². The lowest BCUT2D eigenvalue weighted by molar-refractivity contribution is 0.0557. The number of hydrogen-bond acceptors (Lipinski definition) is 6. The van der Waals surface area contributed by atoms with Gasteiger partial charge in [-0.05, 0) is 60.2 Å². The maximum Gasteiger partial charge on any atom is 0.399 e. The highest BCUT2D eigenvalue weighted by Crippen LogP contribution is 2.60. The van der Waals surface area contributed by atoms with Crippen LogP contribution in [0.4, 0.5) is 14.5 Å². The summed E-state index contributed by atoms with van der Waals surface area (Å²) in [5.41, 5.74) is -3.41. The number of benzene rings is 4. The van der Waals surface area contributed by atoms with E-state index >= 15 is 0 Å². The molecule has 0 atom stereocenters. The fourth-order valence-corrected chi connectivity index (χ4v) is 6.46. The molecule has 9 nitrogen and oxygen atoms in total. The second kappa shape index (κ2) is 12.7. The number of nitrogens with zero attached hydrogens (tertiary/aromatic N) is 3. The second-order valence-electron chi connectivity index (χ2n) is 9.30. The highest BCUT2D eigenvalue weighted by Gasteiger charge is 2.51. The first-order valence-corrected chi connectivity index (χ1v) is 16.1. The van der Waals surface area contributed by atoms with Gasteiger partial charge in [-0.1, -0.05) is 75.3 Å². The maximum absolute atomic E-state index is 14.4. The van der Waals surface area contributed by atoms with Gasteiger partial charge in [0.05, 0.1) is 17.8 Å². The summed E-state index contributed by atoms with van der Waals surface area (Å²) in [6.07, 6.45) is 0. The molecule has 0 aliphatic heterocycles. The van der Waals surface area contributed by atoms with Gasteiger partial charge in [0.25, 0.3) is 0 Å². The van der Waals surface area contributed by atoms with Crippen LogP contribution in [0.15, 0.2) is 100 Å². The summed E-state index contributed by atoms with van der Waals surface area (Å²) in [5, 5.41) is 15.0. The summed E-state index contributed by atoms with van der Waals surface area (Å²) in [4.78, 5) is 34.8. The monoisotopic (exact) mass is 721 g/mol. The van der Waals surface area contributed by atoms with Crippen LogP contribution in [0, 0.1) is 0 Å². The molecule has 0 unspecified atom stereocenters. The summed E-state index contributed by atoms with van der Waals surface area (Å²) in [7, 11) is -5.76. The first kappa shape index (κ1) is 31.7. The summed E-state index contributed by atoms with van der Waals surface area (Å²) in [6, 6.07) is 23.6. The number of carboxylic acid groups (broad SMARTS) is 1. The topological polar surface area (TPSA) is 134 Å². The number of aromatic nitrogens is 2. The minimum Gasteiger partial charge on any atom is -0.478 e. The smallest absolute Gasteiger partial charge is 0.399 e. The molecule has 44 heavy (non-hydrogen) atoms. The van der Waals surface area contributed by atoms with Gasteiger partial charge >= 0.3 is 19.2 Å². The molecule has 0 amide bonds. The van der Waals surface area contributed by atoms with E-state index in [1.165, 1.54) is 35.6 Å². The van der Waals surface area contributed by atoms with Crippen LogP contribution >= 0.6 is 46.5 Å². The SMILES string of the molecule is O=C(O)c1cccc(Oc2cccc(-c3nn(Cc4ccc(C(F)(F)P(=O)(O)O)c(Br)c4)/c(=N\c4cccc(Cl)c4)s3)c2)c1. The average molecular weight is 723 g/mol. The Balaban J connectivity index is 1.52. The number of aromatic carboxylic acids is 1. The van der Waals surface area contributed by atoms with Gasteiger partial charge in [0.2, 0.25) is 4.80 Å². The molecule has 5 aromatic rings. The average Bonchev–Trinajstić information content (AvgIpc) is 3.34. The minimum absolute atomic E-state index is 0.0778. The molecule has 0 radical (unpaired) electrons. The van der Waals surface area contributed by atoms with Crippen LogP contribution in [0.3, 0.4) is 0 Å². The van der Waals surface area contributed by atoms with Gasteiger partial charge < -0.3 is 19.6 Å². The lowest BCUT2D eigenvalue weighted by Crippen LogP contribution is -2.18. The fourth-order valence-electron chi connectivity index (χ4n) is 4.02. The van der Waals surface area contributed by atoms with Crippen molar-refractivity contribution in [1.29, 1.82) is 0 Å². The van der Waals surface area contributed by atoms with Crippen molar-refractivity contribution < 1.29 is 37.8 Å². The summed E-state index contributed by atoms with van der Waals surface area (Å²) >= 11 is 10.4. The molecule has 1 aromatic heterocycles. The van der Waals surface area contributed by atoms with Crippen molar-refractivity contribution in [3.63, 3.8) is 0 Å². The molecule has 0 saturated carbocycles. The highest BCUT2D eigenvalue weighted by atomic mass is 79.9. The van der Waals surface area contributed by atoms with E-state index in [4.69, 9.17) is 31.2 Å². The van der Waals surface area contributed by atoms with Gasteiger partial charge in [0, 0.05) is 20.6 Å². The molecular formula is C29H20BrClF2N3O6PS. The number of carbonyl (C=O) groups is 1. The molecule has 0 aliphatic carbocycles. The molecule has 1 heterocycles. The Labute approximate surface area is 266 Å². The first-order valence-electron chi connectivity index (χ1n) is 12.5. The van der Waals surface area contributed by atoms with E-state index in [-0.39, 0.29) is 16.6 Å². The molecule has 3 N–H and O–H groups in total. The van der Waals surface area contributed by atoms with Crippen molar-refractivity contribution in [1.82, 2.24) is 9.78 Å². The zero-order valence-corrected chi connectivity index (χ0v) is 26.2. The number of hydrogen-bond donors (Lipinski definition) is 3. The van der Waals surface area contributed by atoms with Crippen LogP contribution in [0.1, 0.15) is 21.5 Å². The zero-order chi connectivity index (χ0) is 31.6. The number of rotatable bonds is 9. The van der Waals surface area contributed by atoms with Crippen molar-refractivity contribution in [2.45, 2.75) is 12.2 Å². The molecule has 226 valence electrons. The van der Waals surface area contributed by atoms with Crippen LogP contribution in [0.2, 0.25) is 5.02 Å². The van der Waals surface area contributed by atoms with Gasteiger partial charge in [0.15, 0.2) is 0 Å². The first-order chi connectivity index (χ1) is 20.8. The third-order valence-electron chi connectivity index (χ3n) is 6.11.